The Kier molecular flexibility index (Phi) is 4.80. The predicted octanol–water partition coefficient (Wildman–Crippen LogP) is 1.52. The first-order chi connectivity index (χ1) is 5.95. The minimum atomic E-state index is -0.885. The van der Waals surface area contributed by atoms with Crippen molar-refractivity contribution in [1.29, 1.82) is 0 Å². The standard InChI is InChI=1S/C9H14O4/c1-6(7(2)9(12)13)4-3-5-8(10)11/h4,7H,3,5H2,1-2H3,(H,10,11)(H,12,13). The normalized spacial score (nSPS) is 13.8. The van der Waals surface area contributed by atoms with Gasteiger partial charge in [0.15, 0.2) is 0 Å². The topological polar surface area (TPSA) is 74.6 Å². The summed E-state index contributed by atoms with van der Waals surface area (Å²) in [7, 11) is 0. The summed E-state index contributed by atoms with van der Waals surface area (Å²) in [4.78, 5) is 20.6. The number of rotatable bonds is 5. The summed E-state index contributed by atoms with van der Waals surface area (Å²) in [5, 5.41) is 16.9. The molecule has 13 heavy (non-hydrogen) atoms. The van der Waals surface area contributed by atoms with Crippen LogP contribution in [0.25, 0.3) is 0 Å². The maximum absolute atomic E-state index is 10.5. The van der Waals surface area contributed by atoms with Crippen molar-refractivity contribution in [3.05, 3.63) is 11.6 Å². The van der Waals surface area contributed by atoms with Gasteiger partial charge in [-0.25, -0.2) is 0 Å². The summed E-state index contributed by atoms with van der Waals surface area (Å²) in [5.74, 6) is -2.29. The van der Waals surface area contributed by atoms with Crippen molar-refractivity contribution in [3.8, 4) is 0 Å². The Labute approximate surface area is 76.9 Å². The van der Waals surface area contributed by atoms with Gasteiger partial charge in [-0.3, -0.25) is 9.59 Å². The molecule has 0 radical (unpaired) electrons. The van der Waals surface area contributed by atoms with Crippen LogP contribution in [-0.4, -0.2) is 22.2 Å². The Bertz CT molecular complexity index is 230. The zero-order valence-corrected chi connectivity index (χ0v) is 7.78. The summed E-state index contributed by atoms with van der Waals surface area (Å²) in [6.07, 6.45) is 2.09. The molecule has 0 aromatic rings. The van der Waals surface area contributed by atoms with Crippen molar-refractivity contribution in [2.45, 2.75) is 26.7 Å². The fourth-order valence-corrected chi connectivity index (χ4v) is 0.795. The Morgan fingerprint density at radius 2 is 1.92 bits per heavy atom. The highest BCUT2D eigenvalue weighted by molar-refractivity contribution is 5.73. The zero-order chi connectivity index (χ0) is 10.4. The van der Waals surface area contributed by atoms with Crippen molar-refractivity contribution < 1.29 is 19.8 Å². The van der Waals surface area contributed by atoms with E-state index in [1.54, 1.807) is 19.9 Å². The summed E-state index contributed by atoms with van der Waals surface area (Å²) >= 11 is 0. The highest BCUT2D eigenvalue weighted by Crippen LogP contribution is 2.10. The molecular weight excluding hydrogens is 172 g/mol. The molecule has 0 spiro atoms. The molecule has 0 aliphatic carbocycles. The number of hydrogen-bond acceptors (Lipinski definition) is 2. The van der Waals surface area contributed by atoms with Gasteiger partial charge in [0, 0.05) is 6.42 Å². The summed E-state index contributed by atoms with van der Waals surface area (Å²) in [6, 6.07) is 0. The van der Waals surface area contributed by atoms with Crippen molar-refractivity contribution in [2.75, 3.05) is 0 Å². The van der Waals surface area contributed by atoms with E-state index in [4.69, 9.17) is 10.2 Å². The van der Waals surface area contributed by atoms with Gasteiger partial charge in [-0.05, 0) is 20.3 Å². The van der Waals surface area contributed by atoms with Crippen molar-refractivity contribution in [2.24, 2.45) is 5.92 Å². The zero-order valence-electron chi connectivity index (χ0n) is 7.78. The lowest BCUT2D eigenvalue weighted by Crippen LogP contribution is -2.10. The molecule has 0 heterocycles. The van der Waals surface area contributed by atoms with Crippen LogP contribution in [0.2, 0.25) is 0 Å². The lowest BCUT2D eigenvalue weighted by molar-refractivity contribution is -0.140. The molecule has 0 aromatic heterocycles. The van der Waals surface area contributed by atoms with Gasteiger partial charge in [0.05, 0.1) is 5.92 Å². The van der Waals surface area contributed by atoms with Crippen LogP contribution in [0.5, 0.6) is 0 Å². The SMILES string of the molecule is CC(=CCCC(=O)O)C(C)C(=O)O. The van der Waals surface area contributed by atoms with Gasteiger partial charge in [0.2, 0.25) is 0 Å². The average molecular weight is 186 g/mol. The highest BCUT2D eigenvalue weighted by atomic mass is 16.4. The van der Waals surface area contributed by atoms with Crippen LogP contribution < -0.4 is 0 Å². The number of aliphatic carboxylic acids is 2. The van der Waals surface area contributed by atoms with Gasteiger partial charge in [-0.1, -0.05) is 11.6 Å². The van der Waals surface area contributed by atoms with Crippen LogP contribution >= 0.6 is 0 Å². The van der Waals surface area contributed by atoms with E-state index in [1.165, 1.54) is 0 Å². The molecule has 74 valence electrons. The van der Waals surface area contributed by atoms with Gasteiger partial charge < -0.3 is 10.2 Å². The third kappa shape index (κ3) is 5.00. The average Bonchev–Trinajstić information content (AvgIpc) is 2.02. The lowest BCUT2D eigenvalue weighted by Gasteiger charge is -2.05. The second-order valence-corrected chi connectivity index (χ2v) is 2.94. The monoisotopic (exact) mass is 186 g/mol. The third-order valence-corrected chi connectivity index (χ3v) is 1.88. The molecule has 1 atom stereocenters. The smallest absolute Gasteiger partial charge is 0.310 e. The second-order valence-electron chi connectivity index (χ2n) is 2.94. The number of carbonyl (C=O) groups is 2. The third-order valence-electron chi connectivity index (χ3n) is 1.88. The van der Waals surface area contributed by atoms with E-state index >= 15 is 0 Å². The first-order valence-corrected chi connectivity index (χ1v) is 4.06. The highest BCUT2D eigenvalue weighted by Gasteiger charge is 2.11. The molecule has 2 N–H and O–H groups in total. The molecule has 0 aromatic carbocycles. The van der Waals surface area contributed by atoms with Crippen LogP contribution in [-0.2, 0) is 9.59 Å². The van der Waals surface area contributed by atoms with E-state index in [-0.39, 0.29) is 6.42 Å². The molecule has 4 nitrogen and oxygen atoms in total. The van der Waals surface area contributed by atoms with E-state index in [2.05, 4.69) is 0 Å². The van der Waals surface area contributed by atoms with Gasteiger partial charge in [-0.2, -0.15) is 0 Å². The molecular formula is C9H14O4. The van der Waals surface area contributed by atoms with Gasteiger partial charge >= 0.3 is 11.9 Å². The molecule has 1 unspecified atom stereocenters. The minimum Gasteiger partial charge on any atom is -0.481 e. The summed E-state index contributed by atoms with van der Waals surface area (Å²) < 4.78 is 0. The quantitative estimate of drug-likeness (QED) is 0.638. The van der Waals surface area contributed by atoms with Crippen LogP contribution in [0.4, 0.5) is 0 Å². The molecule has 0 aliphatic rings. The van der Waals surface area contributed by atoms with Gasteiger partial charge in [-0.15, -0.1) is 0 Å². The first kappa shape index (κ1) is 11.7. The lowest BCUT2D eigenvalue weighted by atomic mass is 10.0. The number of carboxylic acids is 2. The fraction of sp³-hybridized carbons (Fsp3) is 0.556. The van der Waals surface area contributed by atoms with E-state index in [9.17, 15) is 9.59 Å². The second kappa shape index (κ2) is 5.35. The van der Waals surface area contributed by atoms with Gasteiger partial charge in [0.25, 0.3) is 0 Å². The van der Waals surface area contributed by atoms with E-state index in [0.717, 1.165) is 0 Å². The number of allylic oxidation sites excluding steroid dienone is 1. The molecule has 0 bridgehead atoms. The minimum absolute atomic E-state index is 0.0453. The molecule has 4 heteroatoms. The summed E-state index contributed by atoms with van der Waals surface area (Å²) in [6.45, 7) is 3.27. The molecule has 0 fully saturated rings. The summed E-state index contributed by atoms with van der Waals surface area (Å²) in [5.41, 5.74) is 0.703. The first-order valence-electron chi connectivity index (χ1n) is 4.06. The molecule has 0 amide bonds. The molecule has 0 saturated carbocycles. The van der Waals surface area contributed by atoms with Crippen LogP contribution in [0.3, 0.4) is 0 Å². The van der Waals surface area contributed by atoms with Crippen molar-refractivity contribution >= 4 is 11.9 Å². The van der Waals surface area contributed by atoms with Crippen molar-refractivity contribution in [3.63, 3.8) is 0 Å². The van der Waals surface area contributed by atoms with Crippen LogP contribution in [0.1, 0.15) is 26.7 Å². The number of carboxylic acid groups (broad SMARTS) is 2. The molecule has 0 saturated heterocycles. The Morgan fingerprint density at radius 3 is 2.31 bits per heavy atom. The molecule has 0 aliphatic heterocycles. The van der Waals surface area contributed by atoms with Gasteiger partial charge in [0.1, 0.15) is 0 Å². The fourth-order valence-electron chi connectivity index (χ4n) is 0.795. The molecule has 0 rings (SSSR count). The Hall–Kier alpha value is -1.32. The van der Waals surface area contributed by atoms with E-state index in [1.807, 2.05) is 0 Å². The maximum atomic E-state index is 10.5. The predicted molar refractivity (Wildman–Crippen MR) is 47.4 cm³/mol. The van der Waals surface area contributed by atoms with E-state index < -0.39 is 17.9 Å². The Morgan fingerprint density at radius 1 is 1.38 bits per heavy atom. The van der Waals surface area contributed by atoms with Crippen LogP contribution in [0.15, 0.2) is 11.6 Å². The van der Waals surface area contributed by atoms with E-state index in [0.29, 0.717) is 12.0 Å². The largest absolute Gasteiger partial charge is 0.481 e. The maximum Gasteiger partial charge on any atom is 0.310 e. The van der Waals surface area contributed by atoms with Crippen molar-refractivity contribution in [1.82, 2.24) is 0 Å². The number of hydrogen-bond donors (Lipinski definition) is 2. The van der Waals surface area contributed by atoms with Crippen LogP contribution in [0, 0.1) is 5.92 Å². The Balaban J connectivity index is 4.01.